The van der Waals surface area contributed by atoms with E-state index in [1.54, 1.807) is 24.7 Å². The van der Waals surface area contributed by atoms with Gasteiger partial charge in [0.15, 0.2) is 6.61 Å². The van der Waals surface area contributed by atoms with Crippen LogP contribution in [0.5, 0.6) is 0 Å². The first-order valence-electron chi connectivity index (χ1n) is 8.81. The fourth-order valence-corrected chi connectivity index (χ4v) is 3.43. The van der Waals surface area contributed by atoms with E-state index < -0.39 is 0 Å². The van der Waals surface area contributed by atoms with Crippen LogP contribution in [0.3, 0.4) is 0 Å². The van der Waals surface area contributed by atoms with Gasteiger partial charge in [-0.15, -0.1) is 0 Å². The number of benzene rings is 3. The van der Waals surface area contributed by atoms with Crippen molar-refractivity contribution < 1.29 is 22.4 Å². The SMILES string of the molecule is Clc1ccc(CO/[NH+]=C(\Cn2ccnc2)c2ccc3ccccc3c2)c(Cl)c1.[Cl-]. The summed E-state index contributed by atoms with van der Waals surface area (Å²) in [6.07, 6.45) is 5.45. The minimum absolute atomic E-state index is 0. The van der Waals surface area contributed by atoms with Crippen molar-refractivity contribution in [1.29, 1.82) is 0 Å². The minimum atomic E-state index is 0. The van der Waals surface area contributed by atoms with Crippen LogP contribution >= 0.6 is 23.2 Å². The topological polar surface area (TPSA) is 41.0 Å². The van der Waals surface area contributed by atoms with E-state index in [0.717, 1.165) is 16.8 Å². The lowest BCUT2D eigenvalue weighted by Crippen LogP contribution is -3.00. The molecule has 148 valence electrons. The van der Waals surface area contributed by atoms with Gasteiger partial charge in [-0.2, -0.15) is 0 Å². The number of hydrogen-bond donors (Lipinski definition) is 1. The Kier molecular flexibility index (Phi) is 7.15. The summed E-state index contributed by atoms with van der Waals surface area (Å²) in [5.41, 5.74) is 2.84. The lowest BCUT2D eigenvalue weighted by atomic mass is 10.0. The molecule has 0 bridgehead atoms. The molecule has 0 fully saturated rings. The Morgan fingerprint density at radius 2 is 1.83 bits per heavy atom. The fraction of sp³-hybridized carbons (Fsp3) is 0.0909. The maximum absolute atomic E-state index is 6.23. The zero-order valence-electron chi connectivity index (χ0n) is 15.4. The molecule has 3 aromatic carbocycles. The number of hydrogen-bond acceptors (Lipinski definition) is 2. The maximum atomic E-state index is 6.23. The molecule has 0 spiro atoms. The highest BCUT2D eigenvalue weighted by Crippen LogP contribution is 2.21. The second kappa shape index (κ2) is 9.79. The summed E-state index contributed by atoms with van der Waals surface area (Å²) in [7, 11) is 0. The molecule has 1 aromatic heterocycles. The average Bonchev–Trinajstić information content (AvgIpc) is 3.21. The van der Waals surface area contributed by atoms with Crippen molar-refractivity contribution in [1.82, 2.24) is 9.55 Å². The molecule has 29 heavy (non-hydrogen) atoms. The predicted octanol–water partition coefficient (Wildman–Crippen LogP) is 1.05. The Labute approximate surface area is 185 Å². The van der Waals surface area contributed by atoms with Crippen LogP contribution in [0.2, 0.25) is 10.0 Å². The molecule has 7 heteroatoms. The van der Waals surface area contributed by atoms with Gasteiger partial charge >= 0.3 is 0 Å². The normalized spacial score (nSPS) is 11.3. The maximum Gasteiger partial charge on any atom is 0.251 e. The number of aromatic nitrogens is 2. The zero-order valence-corrected chi connectivity index (χ0v) is 17.6. The molecular weight excluding hydrogens is 429 g/mol. The highest BCUT2D eigenvalue weighted by molar-refractivity contribution is 6.35. The van der Waals surface area contributed by atoms with Crippen LogP contribution in [0.1, 0.15) is 11.1 Å². The van der Waals surface area contributed by atoms with E-state index in [1.165, 1.54) is 10.8 Å². The number of imidazole rings is 1. The van der Waals surface area contributed by atoms with E-state index in [4.69, 9.17) is 28.0 Å². The average molecular weight is 447 g/mol. The summed E-state index contributed by atoms with van der Waals surface area (Å²) in [4.78, 5) is 9.89. The van der Waals surface area contributed by atoms with Crippen LogP contribution in [0.4, 0.5) is 0 Å². The van der Waals surface area contributed by atoms with E-state index in [1.807, 2.05) is 29.0 Å². The lowest BCUT2D eigenvalue weighted by molar-refractivity contribution is -0.759. The molecular formula is C22H18Cl3N3O. The van der Waals surface area contributed by atoms with Crippen molar-refractivity contribution >= 4 is 39.7 Å². The second-order valence-corrected chi connectivity index (χ2v) is 7.25. The molecule has 1 N–H and O–H groups in total. The third-order valence-electron chi connectivity index (χ3n) is 4.44. The molecule has 0 aliphatic carbocycles. The second-order valence-electron chi connectivity index (χ2n) is 6.40. The van der Waals surface area contributed by atoms with Gasteiger partial charge in [0.05, 0.1) is 6.33 Å². The van der Waals surface area contributed by atoms with Gasteiger partial charge in [-0.3, -0.25) is 4.84 Å². The van der Waals surface area contributed by atoms with Crippen LogP contribution in [-0.2, 0) is 18.0 Å². The molecule has 0 aliphatic rings. The van der Waals surface area contributed by atoms with Gasteiger partial charge in [0, 0.05) is 33.6 Å². The molecule has 4 rings (SSSR count). The van der Waals surface area contributed by atoms with Crippen molar-refractivity contribution in [2.24, 2.45) is 0 Å². The summed E-state index contributed by atoms with van der Waals surface area (Å²) < 4.78 is 1.98. The summed E-state index contributed by atoms with van der Waals surface area (Å²) in [5, 5.41) is 6.66. The molecule has 4 aromatic rings. The van der Waals surface area contributed by atoms with E-state index in [-0.39, 0.29) is 12.4 Å². The van der Waals surface area contributed by atoms with Crippen molar-refractivity contribution in [3.05, 3.63) is 101 Å². The van der Waals surface area contributed by atoms with Gasteiger partial charge in [-0.1, -0.05) is 59.6 Å². The molecule has 1 heterocycles. The smallest absolute Gasteiger partial charge is 0.251 e. The largest absolute Gasteiger partial charge is 1.00 e. The molecule has 0 unspecified atom stereocenters. The molecule has 0 saturated heterocycles. The molecule has 0 radical (unpaired) electrons. The van der Waals surface area contributed by atoms with E-state index in [2.05, 4.69) is 40.5 Å². The lowest BCUT2D eigenvalue weighted by Gasteiger charge is -2.05. The van der Waals surface area contributed by atoms with Gasteiger partial charge in [0.2, 0.25) is 0 Å². The monoisotopic (exact) mass is 445 g/mol. The van der Waals surface area contributed by atoms with Crippen LogP contribution in [0, 0.1) is 0 Å². The van der Waals surface area contributed by atoms with E-state index >= 15 is 0 Å². The van der Waals surface area contributed by atoms with Crippen molar-refractivity contribution in [2.45, 2.75) is 13.2 Å². The quantitative estimate of drug-likeness (QED) is 0.355. The number of halogens is 3. The van der Waals surface area contributed by atoms with Gasteiger partial charge in [0.1, 0.15) is 6.54 Å². The Balaban J connectivity index is 0.00000240. The summed E-state index contributed by atoms with van der Waals surface area (Å²) >= 11 is 12.2. The fourth-order valence-electron chi connectivity index (χ4n) is 2.96. The standard InChI is InChI=1S/C22H17Cl2N3O.ClH/c23-20-8-7-19(21(24)12-20)14-28-26-22(13-27-10-9-25-15-27)18-6-5-16-3-1-2-4-17(16)11-18;/h1-12,15H,13-14H2;1H/b26-22+;. The van der Waals surface area contributed by atoms with Crippen molar-refractivity contribution in [3.63, 3.8) is 0 Å². The first-order chi connectivity index (χ1) is 13.7. The first kappa shape index (κ1) is 21.2. The number of nitrogens with one attached hydrogen (secondary N) is 1. The molecule has 4 nitrogen and oxygen atoms in total. The van der Waals surface area contributed by atoms with Crippen molar-refractivity contribution in [2.75, 3.05) is 0 Å². The molecule has 0 saturated carbocycles. The minimum Gasteiger partial charge on any atom is -1.00 e. The third kappa shape index (κ3) is 5.30. The van der Waals surface area contributed by atoms with Gasteiger partial charge in [-0.25, -0.2) is 4.98 Å². The van der Waals surface area contributed by atoms with Gasteiger partial charge < -0.3 is 17.0 Å². The number of fused-ring (bicyclic) bond motifs is 1. The van der Waals surface area contributed by atoms with E-state index in [0.29, 0.717) is 23.2 Å². The van der Waals surface area contributed by atoms with E-state index in [9.17, 15) is 0 Å². The summed E-state index contributed by atoms with van der Waals surface area (Å²) in [6.45, 7) is 0.920. The molecule has 0 aliphatic heterocycles. The van der Waals surface area contributed by atoms with Gasteiger partial charge in [0.25, 0.3) is 5.71 Å². The summed E-state index contributed by atoms with van der Waals surface area (Å²) in [5.74, 6) is 0. The highest BCUT2D eigenvalue weighted by atomic mass is 35.5. The van der Waals surface area contributed by atoms with Crippen LogP contribution in [0.15, 0.2) is 79.4 Å². The number of nitrogens with zero attached hydrogens (tertiary/aromatic N) is 2. The number of rotatable bonds is 6. The summed E-state index contributed by atoms with van der Waals surface area (Å²) in [6, 6.07) is 20.0. The molecule has 0 atom stereocenters. The third-order valence-corrected chi connectivity index (χ3v) is 5.02. The van der Waals surface area contributed by atoms with Crippen LogP contribution in [0.25, 0.3) is 10.8 Å². The predicted molar refractivity (Wildman–Crippen MR) is 112 cm³/mol. The Hall–Kier alpha value is -2.53. The Morgan fingerprint density at radius 1 is 1.00 bits per heavy atom. The highest BCUT2D eigenvalue weighted by Gasteiger charge is 2.14. The van der Waals surface area contributed by atoms with Crippen LogP contribution in [-0.4, -0.2) is 15.3 Å². The molecule has 0 amide bonds. The van der Waals surface area contributed by atoms with Gasteiger partial charge in [-0.05, 0) is 40.2 Å². The first-order valence-corrected chi connectivity index (χ1v) is 9.57. The van der Waals surface area contributed by atoms with Crippen LogP contribution < -0.4 is 17.6 Å². The Morgan fingerprint density at radius 3 is 2.59 bits per heavy atom. The van der Waals surface area contributed by atoms with Crippen molar-refractivity contribution in [3.8, 4) is 0 Å². The Bertz CT molecular complexity index is 1130. The zero-order chi connectivity index (χ0) is 19.3.